The zero-order valence-electron chi connectivity index (χ0n) is 9.57. The van der Waals surface area contributed by atoms with Gasteiger partial charge in [-0.05, 0) is 24.6 Å². The number of aryl methyl sites for hydroxylation is 1. The molecular formula is C12H12F3NO2. The van der Waals surface area contributed by atoms with Crippen LogP contribution in [0.4, 0.5) is 13.2 Å². The summed E-state index contributed by atoms with van der Waals surface area (Å²) < 4.78 is 37.7. The molecule has 0 aromatic heterocycles. The molecule has 2 atom stereocenters. The van der Waals surface area contributed by atoms with Crippen molar-refractivity contribution in [1.29, 1.82) is 5.26 Å². The summed E-state index contributed by atoms with van der Waals surface area (Å²) in [5.41, 5.74) is -0.617. The van der Waals surface area contributed by atoms with Crippen molar-refractivity contribution in [2.24, 2.45) is 0 Å². The van der Waals surface area contributed by atoms with Gasteiger partial charge in [0.15, 0.2) is 0 Å². The van der Waals surface area contributed by atoms with Gasteiger partial charge in [0, 0.05) is 0 Å². The maximum absolute atomic E-state index is 12.6. The Labute approximate surface area is 102 Å². The van der Waals surface area contributed by atoms with Gasteiger partial charge in [-0.1, -0.05) is 11.6 Å². The zero-order chi connectivity index (χ0) is 13.9. The van der Waals surface area contributed by atoms with Gasteiger partial charge in [-0.3, -0.25) is 0 Å². The molecule has 2 unspecified atom stereocenters. The summed E-state index contributed by atoms with van der Waals surface area (Å²) in [5.74, 6) is 0. The molecule has 0 saturated carbocycles. The van der Waals surface area contributed by atoms with Gasteiger partial charge in [0.25, 0.3) is 0 Å². The van der Waals surface area contributed by atoms with E-state index >= 15 is 0 Å². The van der Waals surface area contributed by atoms with Crippen LogP contribution in [0, 0.1) is 18.3 Å². The molecule has 0 amide bonds. The highest BCUT2D eigenvalue weighted by molar-refractivity contribution is 5.33. The summed E-state index contributed by atoms with van der Waals surface area (Å²) in [6, 6.07) is 4.72. The molecule has 1 rings (SSSR count). The Hall–Kier alpha value is -1.58. The van der Waals surface area contributed by atoms with Gasteiger partial charge in [-0.2, -0.15) is 18.4 Å². The summed E-state index contributed by atoms with van der Waals surface area (Å²) in [5, 5.41) is 27.4. The van der Waals surface area contributed by atoms with Crippen LogP contribution in [0.2, 0.25) is 0 Å². The maximum atomic E-state index is 12.6. The van der Waals surface area contributed by atoms with Crippen molar-refractivity contribution >= 4 is 0 Å². The molecule has 2 N–H and O–H groups in total. The maximum Gasteiger partial charge on any atom is 0.416 e. The molecular weight excluding hydrogens is 247 g/mol. The largest absolute Gasteiger partial charge is 0.416 e. The Morgan fingerprint density at radius 3 is 2.39 bits per heavy atom. The minimum Gasteiger partial charge on any atom is -0.389 e. The van der Waals surface area contributed by atoms with E-state index in [-0.39, 0.29) is 12.0 Å². The number of nitriles is 1. The first kappa shape index (κ1) is 14.5. The first-order chi connectivity index (χ1) is 8.25. The Morgan fingerprint density at radius 2 is 1.89 bits per heavy atom. The smallest absolute Gasteiger partial charge is 0.389 e. The van der Waals surface area contributed by atoms with Gasteiger partial charge in [-0.25, -0.2) is 0 Å². The van der Waals surface area contributed by atoms with Crippen LogP contribution in [-0.4, -0.2) is 16.3 Å². The fourth-order valence-electron chi connectivity index (χ4n) is 1.57. The third kappa shape index (κ3) is 3.45. The number of hydrogen-bond acceptors (Lipinski definition) is 3. The molecule has 0 radical (unpaired) electrons. The third-order valence-corrected chi connectivity index (χ3v) is 2.43. The molecule has 0 aliphatic heterocycles. The molecule has 0 aliphatic rings. The van der Waals surface area contributed by atoms with Crippen LogP contribution >= 0.6 is 0 Å². The van der Waals surface area contributed by atoms with Crippen LogP contribution in [0.25, 0.3) is 0 Å². The highest BCUT2D eigenvalue weighted by Crippen LogP contribution is 2.32. The molecule has 0 saturated heterocycles. The second kappa shape index (κ2) is 5.38. The van der Waals surface area contributed by atoms with E-state index in [4.69, 9.17) is 5.26 Å². The van der Waals surface area contributed by atoms with Crippen LogP contribution in [0.1, 0.15) is 29.2 Å². The molecule has 3 nitrogen and oxygen atoms in total. The van der Waals surface area contributed by atoms with Gasteiger partial charge < -0.3 is 10.2 Å². The first-order valence-electron chi connectivity index (χ1n) is 5.17. The Kier molecular flexibility index (Phi) is 4.33. The SMILES string of the molecule is Cc1cc(C(O)C(O)CC#N)cc(C(F)(F)F)c1. The van der Waals surface area contributed by atoms with Crippen LogP contribution in [0.5, 0.6) is 0 Å². The number of halogens is 3. The van der Waals surface area contributed by atoms with Crippen LogP contribution in [-0.2, 0) is 6.18 Å². The van der Waals surface area contributed by atoms with Crippen LogP contribution in [0.15, 0.2) is 18.2 Å². The lowest BCUT2D eigenvalue weighted by molar-refractivity contribution is -0.137. The van der Waals surface area contributed by atoms with E-state index in [1.54, 1.807) is 6.07 Å². The molecule has 0 heterocycles. The molecule has 0 bridgehead atoms. The molecule has 18 heavy (non-hydrogen) atoms. The standard InChI is InChI=1S/C12H12F3NO2/c1-7-4-8(11(18)10(17)2-3-16)6-9(5-7)12(13,14)15/h4-6,10-11,17-18H,2H2,1H3. The molecule has 6 heteroatoms. The molecule has 0 spiro atoms. The summed E-state index contributed by atoms with van der Waals surface area (Å²) in [6.07, 6.45) is -7.78. The Morgan fingerprint density at radius 1 is 1.28 bits per heavy atom. The van der Waals surface area contributed by atoms with Crippen molar-refractivity contribution < 1.29 is 23.4 Å². The van der Waals surface area contributed by atoms with Crippen LogP contribution < -0.4 is 0 Å². The molecule has 1 aromatic carbocycles. The number of hydrogen-bond donors (Lipinski definition) is 2. The van der Waals surface area contributed by atoms with Gasteiger partial charge in [0.05, 0.1) is 24.2 Å². The van der Waals surface area contributed by atoms with E-state index < -0.39 is 23.9 Å². The first-order valence-corrected chi connectivity index (χ1v) is 5.17. The van der Waals surface area contributed by atoms with Gasteiger partial charge >= 0.3 is 6.18 Å². The van der Waals surface area contributed by atoms with E-state index in [2.05, 4.69) is 0 Å². The lowest BCUT2D eigenvalue weighted by Gasteiger charge is -2.18. The van der Waals surface area contributed by atoms with E-state index in [1.807, 2.05) is 0 Å². The number of alkyl halides is 3. The van der Waals surface area contributed by atoms with E-state index in [0.717, 1.165) is 12.1 Å². The third-order valence-electron chi connectivity index (χ3n) is 2.43. The second-order valence-electron chi connectivity index (χ2n) is 4.00. The molecule has 1 aromatic rings. The second-order valence-corrected chi connectivity index (χ2v) is 4.00. The minimum absolute atomic E-state index is 0.0509. The molecule has 98 valence electrons. The predicted octanol–water partition coefficient (Wildman–Crippen LogP) is 2.32. The average molecular weight is 259 g/mol. The summed E-state index contributed by atoms with van der Waals surface area (Å²) in [4.78, 5) is 0. The quantitative estimate of drug-likeness (QED) is 0.875. The fourth-order valence-corrected chi connectivity index (χ4v) is 1.57. The topological polar surface area (TPSA) is 64.2 Å². The fraction of sp³-hybridized carbons (Fsp3) is 0.417. The molecule has 0 aliphatic carbocycles. The number of rotatable bonds is 3. The van der Waals surface area contributed by atoms with Crippen molar-refractivity contribution in [3.63, 3.8) is 0 Å². The van der Waals surface area contributed by atoms with Crippen molar-refractivity contribution in [3.05, 3.63) is 34.9 Å². The lowest BCUT2D eigenvalue weighted by atomic mass is 9.98. The van der Waals surface area contributed by atoms with E-state index in [0.29, 0.717) is 5.56 Å². The summed E-state index contributed by atoms with van der Waals surface area (Å²) >= 11 is 0. The van der Waals surface area contributed by atoms with Crippen molar-refractivity contribution in [1.82, 2.24) is 0 Å². The van der Waals surface area contributed by atoms with Crippen molar-refractivity contribution in [2.75, 3.05) is 0 Å². The van der Waals surface area contributed by atoms with Gasteiger partial charge in [0.2, 0.25) is 0 Å². The summed E-state index contributed by atoms with van der Waals surface area (Å²) in [7, 11) is 0. The number of benzene rings is 1. The highest BCUT2D eigenvalue weighted by Gasteiger charge is 2.32. The zero-order valence-corrected chi connectivity index (χ0v) is 9.57. The Balaban J connectivity index is 3.11. The summed E-state index contributed by atoms with van der Waals surface area (Å²) in [6.45, 7) is 1.46. The van der Waals surface area contributed by atoms with Crippen LogP contribution in [0.3, 0.4) is 0 Å². The average Bonchev–Trinajstić information content (AvgIpc) is 2.26. The number of aliphatic hydroxyl groups is 2. The predicted molar refractivity (Wildman–Crippen MR) is 57.4 cm³/mol. The highest BCUT2D eigenvalue weighted by atomic mass is 19.4. The lowest BCUT2D eigenvalue weighted by Crippen LogP contribution is -2.18. The number of nitrogens with zero attached hydrogens (tertiary/aromatic N) is 1. The number of aliphatic hydroxyl groups excluding tert-OH is 2. The normalized spacial score (nSPS) is 14.9. The minimum atomic E-state index is -4.51. The Bertz CT molecular complexity index is 465. The van der Waals surface area contributed by atoms with E-state index in [9.17, 15) is 23.4 Å². The van der Waals surface area contributed by atoms with Gasteiger partial charge in [-0.15, -0.1) is 0 Å². The monoisotopic (exact) mass is 259 g/mol. The van der Waals surface area contributed by atoms with Crippen molar-refractivity contribution in [3.8, 4) is 6.07 Å². The molecule has 0 fully saturated rings. The van der Waals surface area contributed by atoms with Gasteiger partial charge in [0.1, 0.15) is 6.10 Å². The van der Waals surface area contributed by atoms with E-state index in [1.165, 1.54) is 13.0 Å². The van der Waals surface area contributed by atoms with Crippen molar-refractivity contribution in [2.45, 2.75) is 31.7 Å².